The summed E-state index contributed by atoms with van der Waals surface area (Å²) in [7, 11) is 0. The molecule has 0 aliphatic rings. The highest BCUT2D eigenvalue weighted by atomic mass is 32.1. The summed E-state index contributed by atoms with van der Waals surface area (Å²) in [5, 5.41) is 16.0. The zero-order valence-electron chi connectivity index (χ0n) is 41.8. The van der Waals surface area contributed by atoms with Gasteiger partial charge in [0.1, 0.15) is 0 Å². The molecule has 0 fully saturated rings. The van der Waals surface area contributed by atoms with E-state index < -0.39 is 0 Å². The minimum absolute atomic E-state index is 1.20. The van der Waals surface area contributed by atoms with Crippen molar-refractivity contribution in [2.45, 2.75) is 0 Å². The zero-order chi connectivity index (χ0) is 51.0. The molecule has 0 aliphatic heterocycles. The number of benzene rings is 12. The molecule has 6 aromatic heterocycles. The fourth-order valence-electron chi connectivity index (χ4n) is 12.5. The molecular formula is C72H42N2S4. The van der Waals surface area contributed by atoms with Gasteiger partial charge in [0, 0.05) is 82.7 Å². The Kier molecular flexibility index (Phi) is 9.83. The summed E-state index contributed by atoms with van der Waals surface area (Å²) < 4.78 is 15.6. The van der Waals surface area contributed by atoms with Crippen molar-refractivity contribution in [3.05, 3.63) is 255 Å². The Balaban J connectivity index is 0.000000126. The molecule has 0 unspecified atom stereocenters. The fourth-order valence-corrected chi connectivity index (χ4v) is 17.4. The van der Waals surface area contributed by atoms with Crippen LogP contribution in [0.25, 0.3) is 158 Å². The number of nitrogens with zero attached hydrogens (tertiary/aromatic N) is 2. The molecule has 0 bridgehead atoms. The van der Waals surface area contributed by atoms with E-state index in [1.165, 1.54) is 158 Å². The third-order valence-corrected chi connectivity index (χ3v) is 20.6. The number of aromatic nitrogens is 2. The van der Waals surface area contributed by atoms with Gasteiger partial charge in [-0.3, -0.25) is 0 Å². The third-order valence-electron chi connectivity index (χ3n) is 16.0. The van der Waals surface area contributed by atoms with Crippen LogP contribution in [0.1, 0.15) is 0 Å². The van der Waals surface area contributed by atoms with E-state index in [0.717, 1.165) is 0 Å². The summed E-state index contributed by atoms with van der Waals surface area (Å²) >= 11 is 7.62. The highest BCUT2D eigenvalue weighted by Gasteiger charge is 2.22. The van der Waals surface area contributed by atoms with Crippen LogP contribution in [-0.2, 0) is 0 Å². The van der Waals surface area contributed by atoms with Crippen molar-refractivity contribution >= 4 is 170 Å². The maximum absolute atomic E-state index is 2.44. The number of rotatable bonds is 4. The van der Waals surface area contributed by atoms with Crippen LogP contribution in [0.3, 0.4) is 0 Å². The molecular weight excluding hydrogens is 1020 g/mol. The molecule has 0 atom stereocenters. The van der Waals surface area contributed by atoms with Crippen LogP contribution in [-0.4, -0.2) is 9.13 Å². The second kappa shape index (κ2) is 17.3. The maximum Gasteiger partial charge on any atom is 0.0727 e. The average molecular weight is 1060 g/mol. The summed E-state index contributed by atoms with van der Waals surface area (Å²) in [4.78, 5) is 0. The second-order valence-corrected chi connectivity index (χ2v) is 24.5. The lowest BCUT2D eigenvalue weighted by atomic mass is 10.00. The lowest BCUT2D eigenvalue weighted by Crippen LogP contribution is -1.92. The molecule has 364 valence electrons. The van der Waals surface area contributed by atoms with Crippen molar-refractivity contribution in [2.75, 3.05) is 0 Å². The number of hydrogen-bond donors (Lipinski definition) is 0. The first-order chi connectivity index (χ1) is 38.7. The molecule has 0 saturated heterocycles. The van der Waals surface area contributed by atoms with Gasteiger partial charge in [-0.15, -0.1) is 45.3 Å². The predicted molar refractivity (Wildman–Crippen MR) is 344 cm³/mol. The van der Waals surface area contributed by atoms with Crippen molar-refractivity contribution in [2.24, 2.45) is 0 Å². The quantitative estimate of drug-likeness (QED) is 0.166. The van der Waals surface area contributed by atoms with E-state index in [2.05, 4.69) is 264 Å². The molecule has 0 radical (unpaired) electrons. The topological polar surface area (TPSA) is 9.86 Å². The van der Waals surface area contributed by atoms with Gasteiger partial charge in [0.05, 0.1) is 31.5 Å². The van der Waals surface area contributed by atoms with Crippen LogP contribution in [0.15, 0.2) is 255 Å². The molecule has 6 heteroatoms. The molecule has 78 heavy (non-hydrogen) atoms. The van der Waals surface area contributed by atoms with Gasteiger partial charge < -0.3 is 9.13 Å². The van der Waals surface area contributed by atoms with Crippen LogP contribution in [0.2, 0.25) is 0 Å². The summed E-state index contributed by atoms with van der Waals surface area (Å²) in [5.74, 6) is 0. The fraction of sp³-hybridized carbons (Fsp3) is 0. The Bertz CT molecular complexity index is 5450. The van der Waals surface area contributed by atoms with Gasteiger partial charge in [-0.25, -0.2) is 0 Å². The first-order valence-electron chi connectivity index (χ1n) is 26.4. The minimum atomic E-state index is 1.20. The number of thiophene rings is 4. The molecule has 0 saturated carbocycles. The zero-order valence-corrected chi connectivity index (χ0v) is 45.0. The van der Waals surface area contributed by atoms with E-state index in [0.29, 0.717) is 0 Å². The van der Waals surface area contributed by atoms with Crippen molar-refractivity contribution in [3.8, 4) is 33.6 Å². The van der Waals surface area contributed by atoms with Gasteiger partial charge in [0.2, 0.25) is 0 Å². The summed E-state index contributed by atoms with van der Waals surface area (Å²) in [6, 6.07) is 93.4. The van der Waals surface area contributed by atoms with Gasteiger partial charge in [0.25, 0.3) is 0 Å². The first kappa shape index (κ1) is 44.3. The minimum Gasteiger partial charge on any atom is -0.308 e. The Labute approximate surface area is 463 Å². The molecule has 18 aromatic rings. The summed E-state index contributed by atoms with van der Waals surface area (Å²) in [5.41, 5.74) is 12.7. The average Bonchev–Trinajstić information content (AvgIpc) is 4.45. The number of para-hydroxylation sites is 4. The summed E-state index contributed by atoms with van der Waals surface area (Å²) in [6.07, 6.45) is 0. The SMILES string of the molecule is c1ccc(-n2c3ccccc3c3sc4c(-c5ccc6c(c5)sc5ccc7ccccc7c56)cccc4c32)cc1.c1ccc(-n2c3ccccc3c3sc4cc(-c5ccc6c(c5)sc5ccc7ccccc7c56)ccc4c32)cc1. The Morgan fingerprint density at radius 1 is 0.244 bits per heavy atom. The van der Waals surface area contributed by atoms with Crippen LogP contribution >= 0.6 is 45.3 Å². The molecule has 12 aromatic carbocycles. The molecule has 18 rings (SSSR count). The normalized spacial score (nSPS) is 12.1. The lowest BCUT2D eigenvalue weighted by molar-refractivity contribution is 1.19. The molecule has 2 nitrogen and oxygen atoms in total. The Morgan fingerprint density at radius 3 is 1.26 bits per heavy atom. The van der Waals surface area contributed by atoms with Crippen molar-refractivity contribution in [3.63, 3.8) is 0 Å². The van der Waals surface area contributed by atoms with Gasteiger partial charge in [-0.1, -0.05) is 188 Å². The van der Waals surface area contributed by atoms with E-state index in [4.69, 9.17) is 0 Å². The third kappa shape index (κ3) is 6.65. The van der Waals surface area contributed by atoms with E-state index in [-0.39, 0.29) is 0 Å². The largest absolute Gasteiger partial charge is 0.308 e. The lowest BCUT2D eigenvalue weighted by Gasteiger charge is -2.09. The standard InChI is InChI=1S/2C36H21NS2/c1-2-10-24(11-3-1)37-30-16-7-6-13-27(30)36-34(37)29-15-8-14-26(35(29)39-36)23-17-19-28-32(21-23)38-31-20-18-22-9-4-5-12-25(22)33(28)31;1-2-9-25(10-3-1)37-30-13-7-6-12-27(30)36-35(37)29-18-15-24(21-33(29)39-36)23-14-17-28-32(20-23)38-31-19-16-22-8-4-5-11-26(22)34(28)31/h2*1-21H. The second-order valence-electron chi connectivity index (χ2n) is 20.3. The van der Waals surface area contributed by atoms with Gasteiger partial charge in [-0.05, 0) is 111 Å². The van der Waals surface area contributed by atoms with Gasteiger partial charge in [-0.2, -0.15) is 0 Å². The van der Waals surface area contributed by atoms with E-state index >= 15 is 0 Å². The summed E-state index contributed by atoms with van der Waals surface area (Å²) in [6.45, 7) is 0. The Hall–Kier alpha value is -8.88. The smallest absolute Gasteiger partial charge is 0.0727 e. The highest BCUT2D eigenvalue weighted by Crippen LogP contribution is 2.48. The first-order valence-corrected chi connectivity index (χ1v) is 29.7. The molecule has 6 heterocycles. The monoisotopic (exact) mass is 1060 g/mol. The predicted octanol–water partition coefficient (Wildman–Crippen LogP) is 22.4. The van der Waals surface area contributed by atoms with Crippen molar-refractivity contribution in [1.82, 2.24) is 9.13 Å². The van der Waals surface area contributed by atoms with Crippen LogP contribution in [0, 0.1) is 0 Å². The maximum atomic E-state index is 2.44. The molecule has 0 amide bonds. The van der Waals surface area contributed by atoms with Gasteiger partial charge in [0.15, 0.2) is 0 Å². The van der Waals surface area contributed by atoms with Crippen LogP contribution in [0.4, 0.5) is 0 Å². The molecule has 0 aliphatic carbocycles. The van der Waals surface area contributed by atoms with E-state index in [9.17, 15) is 0 Å². The van der Waals surface area contributed by atoms with Crippen molar-refractivity contribution < 1.29 is 0 Å². The Morgan fingerprint density at radius 2 is 0.679 bits per heavy atom. The van der Waals surface area contributed by atoms with E-state index in [1.807, 2.05) is 45.3 Å². The highest BCUT2D eigenvalue weighted by molar-refractivity contribution is 7.28. The number of hydrogen-bond acceptors (Lipinski definition) is 4. The van der Waals surface area contributed by atoms with Crippen LogP contribution < -0.4 is 0 Å². The molecule has 0 N–H and O–H groups in total. The van der Waals surface area contributed by atoms with Crippen LogP contribution in [0.5, 0.6) is 0 Å². The molecule has 0 spiro atoms. The van der Waals surface area contributed by atoms with Gasteiger partial charge >= 0.3 is 0 Å². The van der Waals surface area contributed by atoms with Crippen molar-refractivity contribution in [1.29, 1.82) is 0 Å². The van der Waals surface area contributed by atoms with E-state index in [1.54, 1.807) is 0 Å². The number of fused-ring (bicyclic) bond motifs is 20.